The molecule has 1 unspecified atom stereocenters. The van der Waals surface area contributed by atoms with Gasteiger partial charge in [0.25, 0.3) is 0 Å². The normalized spacial score (nSPS) is 20.4. The quantitative estimate of drug-likeness (QED) is 0.889. The lowest BCUT2D eigenvalue weighted by molar-refractivity contribution is -0.123. The summed E-state index contributed by atoms with van der Waals surface area (Å²) < 4.78 is 0. The van der Waals surface area contributed by atoms with Crippen molar-refractivity contribution in [2.45, 2.75) is 25.9 Å². The minimum atomic E-state index is -0.0746. The van der Waals surface area contributed by atoms with E-state index in [1.54, 1.807) is 0 Å². The van der Waals surface area contributed by atoms with Crippen LogP contribution in [-0.4, -0.2) is 43.0 Å². The summed E-state index contributed by atoms with van der Waals surface area (Å²) in [4.78, 5) is 14.3. The number of carbonyl (C=O) groups is 1. The summed E-state index contributed by atoms with van der Waals surface area (Å²) in [6.45, 7) is 7.33. The molecule has 0 aromatic heterocycles. The molecule has 2 atom stereocenters. The maximum Gasteiger partial charge on any atom is 0.234 e. The number of amides is 1. The van der Waals surface area contributed by atoms with Gasteiger partial charge in [0.1, 0.15) is 0 Å². The van der Waals surface area contributed by atoms with E-state index in [0.717, 1.165) is 25.2 Å². The molecule has 0 radical (unpaired) electrons. The Morgan fingerprint density at radius 2 is 2.24 bits per heavy atom. The number of nitrogens with one attached hydrogen (secondary N) is 2. The molecular formula is C15H23Cl2N3O. The predicted molar refractivity (Wildman–Crippen MR) is 89.2 cm³/mol. The molecule has 1 aliphatic heterocycles. The lowest BCUT2D eigenvalue weighted by Gasteiger charge is -2.33. The number of nitrogens with zero attached hydrogens (tertiary/aromatic N) is 1. The van der Waals surface area contributed by atoms with Gasteiger partial charge in [0.15, 0.2) is 0 Å². The van der Waals surface area contributed by atoms with Crippen LogP contribution < -0.4 is 10.6 Å². The van der Waals surface area contributed by atoms with Crippen molar-refractivity contribution in [3.63, 3.8) is 0 Å². The third-order valence-electron chi connectivity index (χ3n) is 3.73. The van der Waals surface area contributed by atoms with Crippen molar-refractivity contribution < 1.29 is 4.79 Å². The number of piperazine rings is 1. The van der Waals surface area contributed by atoms with E-state index < -0.39 is 0 Å². The highest BCUT2D eigenvalue weighted by Gasteiger charge is 2.21. The molecule has 1 aromatic carbocycles. The first-order valence-electron chi connectivity index (χ1n) is 7.06. The lowest BCUT2D eigenvalue weighted by atomic mass is 10.1. The van der Waals surface area contributed by atoms with Crippen molar-refractivity contribution in [2.24, 2.45) is 0 Å². The van der Waals surface area contributed by atoms with Crippen molar-refractivity contribution in [3.8, 4) is 0 Å². The summed E-state index contributed by atoms with van der Waals surface area (Å²) in [6, 6.07) is 7.93. The molecule has 118 valence electrons. The molecule has 0 spiro atoms. The van der Waals surface area contributed by atoms with Crippen LogP contribution in [0.3, 0.4) is 0 Å². The number of hydrogen-bond acceptors (Lipinski definition) is 3. The monoisotopic (exact) mass is 331 g/mol. The van der Waals surface area contributed by atoms with Crippen molar-refractivity contribution in [2.75, 3.05) is 26.2 Å². The van der Waals surface area contributed by atoms with Crippen molar-refractivity contribution in [3.05, 3.63) is 34.9 Å². The van der Waals surface area contributed by atoms with Gasteiger partial charge in [0.05, 0.1) is 12.6 Å². The van der Waals surface area contributed by atoms with Crippen LogP contribution in [0.15, 0.2) is 24.3 Å². The molecule has 21 heavy (non-hydrogen) atoms. The Morgan fingerprint density at radius 1 is 1.52 bits per heavy atom. The first kappa shape index (κ1) is 18.2. The van der Waals surface area contributed by atoms with E-state index in [1.165, 1.54) is 0 Å². The van der Waals surface area contributed by atoms with E-state index in [4.69, 9.17) is 11.6 Å². The van der Waals surface area contributed by atoms with Crippen LogP contribution >= 0.6 is 24.0 Å². The number of halogens is 2. The Bertz CT molecular complexity index is 470. The fraction of sp³-hybridized carbons (Fsp3) is 0.533. The summed E-state index contributed by atoms with van der Waals surface area (Å²) in [7, 11) is 0. The second-order valence-corrected chi connectivity index (χ2v) is 5.74. The predicted octanol–water partition coefficient (Wildman–Crippen LogP) is 2.23. The molecule has 0 saturated carbocycles. The van der Waals surface area contributed by atoms with Gasteiger partial charge in [-0.3, -0.25) is 9.69 Å². The second-order valence-electron chi connectivity index (χ2n) is 5.33. The topological polar surface area (TPSA) is 44.4 Å². The van der Waals surface area contributed by atoms with Gasteiger partial charge in [0.2, 0.25) is 5.91 Å². The Hall–Kier alpha value is -0.810. The highest BCUT2D eigenvalue weighted by molar-refractivity contribution is 6.31. The van der Waals surface area contributed by atoms with Gasteiger partial charge in [-0.25, -0.2) is 0 Å². The van der Waals surface area contributed by atoms with Crippen LogP contribution in [0.2, 0.25) is 5.02 Å². The Labute approximate surface area is 137 Å². The number of hydrogen-bond donors (Lipinski definition) is 2. The van der Waals surface area contributed by atoms with E-state index in [9.17, 15) is 4.79 Å². The molecule has 2 rings (SSSR count). The first-order chi connectivity index (χ1) is 9.58. The molecule has 2 N–H and O–H groups in total. The Balaban J connectivity index is 0.00000220. The molecule has 1 saturated heterocycles. The maximum atomic E-state index is 12.1. The van der Waals surface area contributed by atoms with E-state index in [1.807, 2.05) is 31.2 Å². The molecule has 1 fully saturated rings. The summed E-state index contributed by atoms with van der Waals surface area (Å²) in [5, 5.41) is 7.03. The molecule has 1 aliphatic rings. The summed E-state index contributed by atoms with van der Waals surface area (Å²) in [5.41, 5.74) is 0.955. The molecule has 1 amide bonds. The smallest absolute Gasteiger partial charge is 0.234 e. The van der Waals surface area contributed by atoms with Crippen LogP contribution in [0.25, 0.3) is 0 Å². The molecule has 0 aliphatic carbocycles. The molecule has 1 aromatic rings. The van der Waals surface area contributed by atoms with Gasteiger partial charge >= 0.3 is 0 Å². The number of carbonyl (C=O) groups excluding carboxylic acids is 1. The van der Waals surface area contributed by atoms with E-state index in [0.29, 0.717) is 17.6 Å². The Kier molecular flexibility index (Phi) is 7.46. The van der Waals surface area contributed by atoms with Crippen LogP contribution in [0.1, 0.15) is 25.5 Å². The van der Waals surface area contributed by atoms with Crippen LogP contribution in [0, 0.1) is 0 Å². The highest BCUT2D eigenvalue weighted by atomic mass is 35.5. The third kappa shape index (κ3) is 5.15. The van der Waals surface area contributed by atoms with E-state index in [2.05, 4.69) is 22.5 Å². The van der Waals surface area contributed by atoms with Crippen LogP contribution in [0.4, 0.5) is 0 Å². The fourth-order valence-electron chi connectivity index (χ4n) is 2.49. The summed E-state index contributed by atoms with van der Waals surface area (Å²) in [5.74, 6) is 0.0474. The van der Waals surface area contributed by atoms with Crippen molar-refractivity contribution >= 4 is 29.9 Å². The fourth-order valence-corrected chi connectivity index (χ4v) is 2.79. The van der Waals surface area contributed by atoms with E-state index in [-0.39, 0.29) is 24.4 Å². The Morgan fingerprint density at radius 3 is 2.90 bits per heavy atom. The zero-order chi connectivity index (χ0) is 14.5. The minimum absolute atomic E-state index is 0. The molecule has 4 nitrogen and oxygen atoms in total. The summed E-state index contributed by atoms with van der Waals surface area (Å²) in [6.07, 6.45) is 0. The summed E-state index contributed by atoms with van der Waals surface area (Å²) >= 11 is 6.15. The maximum absolute atomic E-state index is 12.1. The standard InChI is InChI=1S/C15H22ClN3O.ClH/c1-11-9-17-7-8-19(11)10-15(20)18-12(2)13-5-3-4-6-14(13)16;/h3-6,11-12,17H,7-10H2,1-2H3,(H,18,20);1H/t11-,12?;/m1./s1. The third-order valence-corrected chi connectivity index (χ3v) is 4.08. The average Bonchev–Trinajstić information content (AvgIpc) is 2.41. The van der Waals surface area contributed by atoms with Crippen molar-refractivity contribution in [1.82, 2.24) is 15.5 Å². The van der Waals surface area contributed by atoms with Crippen molar-refractivity contribution in [1.29, 1.82) is 0 Å². The molecule has 1 heterocycles. The lowest BCUT2D eigenvalue weighted by Crippen LogP contribution is -2.52. The molecular weight excluding hydrogens is 309 g/mol. The van der Waals surface area contributed by atoms with Crippen LogP contribution in [-0.2, 0) is 4.79 Å². The van der Waals surface area contributed by atoms with Gasteiger partial charge in [-0.2, -0.15) is 0 Å². The number of rotatable bonds is 4. The largest absolute Gasteiger partial charge is 0.348 e. The zero-order valence-corrected chi connectivity index (χ0v) is 14.0. The minimum Gasteiger partial charge on any atom is -0.348 e. The molecule has 6 heteroatoms. The van der Waals surface area contributed by atoms with Gasteiger partial charge in [-0.15, -0.1) is 12.4 Å². The van der Waals surface area contributed by atoms with Gasteiger partial charge in [-0.1, -0.05) is 29.8 Å². The van der Waals surface area contributed by atoms with Gasteiger partial charge in [0, 0.05) is 30.7 Å². The SMILES string of the molecule is CC(NC(=O)CN1CCNC[C@H]1C)c1ccccc1Cl.Cl. The number of benzene rings is 1. The zero-order valence-electron chi connectivity index (χ0n) is 12.4. The highest BCUT2D eigenvalue weighted by Crippen LogP contribution is 2.22. The second kappa shape index (κ2) is 8.59. The molecule has 0 bridgehead atoms. The van der Waals surface area contributed by atoms with Crippen LogP contribution in [0.5, 0.6) is 0 Å². The van der Waals surface area contributed by atoms with Gasteiger partial charge < -0.3 is 10.6 Å². The van der Waals surface area contributed by atoms with E-state index >= 15 is 0 Å². The first-order valence-corrected chi connectivity index (χ1v) is 7.44. The van der Waals surface area contributed by atoms with Gasteiger partial charge in [-0.05, 0) is 25.5 Å². The average molecular weight is 332 g/mol.